The van der Waals surface area contributed by atoms with E-state index < -0.39 is 32.9 Å². The second-order valence-electron chi connectivity index (χ2n) is 8.48. The summed E-state index contributed by atoms with van der Waals surface area (Å²) in [7, 11) is -2.01. The van der Waals surface area contributed by atoms with Gasteiger partial charge in [0.05, 0.1) is 12.4 Å². The van der Waals surface area contributed by atoms with Crippen LogP contribution in [0.4, 0.5) is 5.82 Å². The Hall–Kier alpha value is -2.43. The van der Waals surface area contributed by atoms with Gasteiger partial charge in [0.25, 0.3) is 0 Å². The lowest BCUT2D eigenvalue weighted by molar-refractivity contribution is -0.0370. The van der Waals surface area contributed by atoms with E-state index in [1.807, 2.05) is 18.2 Å². The van der Waals surface area contributed by atoms with Crippen molar-refractivity contribution in [2.75, 3.05) is 11.5 Å². The van der Waals surface area contributed by atoms with Crippen LogP contribution in [0.3, 0.4) is 0 Å². The second kappa shape index (κ2) is 10.3. The summed E-state index contributed by atoms with van der Waals surface area (Å²) in [6.07, 6.45) is -1.44. The predicted octanol–water partition coefficient (Wildman–Crippen LogP) is 2.94. The van der Waals surface area contributed by atoms with Crippen molar-refractivity contribution in [1.29, 1.82) is 0 Å². The summed E-state index contributed by atoms with van der Waals surface area (Å²) in [5.41, 5.74) is 1.87. The summed E-state index contributed by atoms with van der Waals surface area (Å²) in [6, 6.07) is 14.3. The van der Waals surface area contributed by atoms with Crippen LogP contribution >= 0.6 is 20.0 Å². The molecule has 0 amide bonds. The number of benzene rings is 2. The number of nitrogens with zero attached hydrogens (tertiary/aromatic N) is 4. The molecule has 1 aliphatic heterocycles. The Bertz CT molecular complexity index is 1340. The molecule has 0 bridgehead atoms. The third-order valence-electron chi connectivity index (χ3n) is 6.13. The topological polar surface area (TPSA) is 146 Å². The molecule has 4 aromatic rings. The number of rotatable bonds is 8. The zero-order valence-corrected chi connectivity index (χ0v) is 20.2. The van der Waals surface area contributed by atoms with Gasteiger partial charge in [-0.3, -0.25) is 4.57 Å². The fourth-order valence-electron chi connectivity index (χ4n) is 4.37. The van der Waals surface area contributed by atoms with Gasteiger partial charge in [0.1, 0.15) is 12.2 Å². The summed E-state index contributed by atoms with van der Waals surface area (Å²) in [6.45, 7) is 0.488. The summed E-state index contributed by atoms with van der Waals surface area (Å²) >= 11 is 6.21. The molecule has 5 N–H and O–H groups in total. The summed E-state index contributed by atoms with van der Waals surface area (Å²) in [4.78, 5) is 31.2. The van der Waals surface area contributed by atoms with Crippen LogP contribution in [-0.4, -0.2) is 64.0 Å². The molecular formula is C23H25ClN5O5P. The number of hydrogen-bond donors (Lipinski definition) is 5. The Morgan fingerprint density at radius 2 is 1.86 bits per heavy atom. The summed E-state index contributed by atoms with van der Waals surface area (Å²) in [5, 5.41) is 26.7. The van der Waals surface area contributed by atoms with E-state index >= 15 is 0 Å². The molecule has 12 heteroatoms. The number of aliphatic hydroxyl groups is 2. The van der Waals surface area contributed by atoms with Crippen LogP contribution in [0.2, 0.25) is 5.28 Å². The van der Waals surface area contributed by atoms with Gasteiger partial charge in [-0.15, -0.1) is 0 Å². The first-order chi connectivity index (χ1) is 16.9. The molecule has 4 unspecified atom stereocenters. The number of imidazole rings is 1. The number of ether oxygens (including phenoxy) is 1. The first-order valence-corrected chi connectivity index (χ1v) is 13.0. The first kappa shape index (κ1) is 24.3. The number of aliphatic hydroxyl groups excluding tert-OH is 2. The maximum absolute atomic E-state index is 10.6. The molecule has 35 heavy (non-hydrogen) atoms. The van der Waals surface area contributed by atoms with Gasteiger partial charge in [0.15, 0.2) is 31.6 Å². The van der Waals surface area contributed by atoms with Gasteiger partial charge >= 0.3 is 0 Å². The van der Waals surface area contributed by atoms with Gasteiger partial charge in [-0.1, -0.05) is 36.4 Å². The zero-order valence-electron chi connectivity index (χ0n) is 18.6. The SMILES string of the molecule is OC1C(CCCP(O)O)OC(n2cnc3c(NCc4ccc5ccccc5c4)nc(Cl)nc32)C1O. The molecule has 3 heterocycles. The van der Waals surface area contributed by atoms with Crippen molar-refractivity contribution in [2.45, 2.75) is 43.9 Å². The van der Waals surface area contributed by atoms with Gasteiger partial charge < -0.3 is 30.1 Å². The molecule has 184 valence electrons. The molecule has 2 aromatic carbocycles. The molecule has 1 fully saturated rings. The highest BCUT2D eigenvalue weighted by molar-refractivity contribution is 7.45. The van der Waals surface area contributed by atoms with Gasteiger partial charge in [-0.2, -0.15) is 9.97 Å². The van der Waals surface area contributed by atoms with E-state index in [4.69, 9.17) is 26.1 Å². The maximum atomic E-state index is 10.6. The Morgan fingerprint density at radius 1 is 1.06 bits per heavy atom. The lowest BCUT2D eigenvalue weighted by Gasteiger charge is -2.17. The van der Waals surface area contributed by atoms with Gasteiger partial charge in [0.2, 0.25) is 5.28 Å². The maximum Gasteiger partial charge on any atom is 0.226 e. The van der Waals surface area contributed by atoms with Crippen LogP contribution in [0, 0.1) is 0 Å². The van der Waals surface area contributed by atoms with Crippen LogP contribution < -0.4 is 5.32 Å². The van der Waals surface area contributed by atoms with E-state index in [-0.39, 0.29) is 11.4 Å². The minimum absolute atomic E-state index is 0.00379. The minimum atomic E-state index is -2.01. The number of aromatic nitrogens is 4. The number of nitrogens with one attached hydrogen (secondary N) is 1. The molecule has 1 saturated heterocycles. The van der Waals surface area contributed by atoms with E-state index in [1.54, 1.807) is 0 Å². The lowest BCUT2D eigenvalue weighted by Crippen LogP contribution is -2.31. The number of halogens is 1. The highest BCUT2D eigenvalue weighted by Crippen LogP contribution is 2.35. The molecule has 5 rings (SSSR count). The second-order valence-corrected chi connectivity index (χ2v) is 10.0. The van der Waals surface area contributed by atoms with Crippen molar-refractivity contribution in [1.82, 2.24) is 19.5 Å². The molecule has 1 aliphatic rings. The van der Waals surface area contributed by atoms with Crippen molar-refractivity contribution >= 4 is 47.7 Å². The van der Waals surface area contributed by atoms with Crippen molar-refractivity contribution in [3.05, 3.63) is 59.6 Å². The average Bonchev–Trinajstić information content (AvgIpc) is 3.38. The van der Waals surface area contributed by atoms with Gasteiger partial charge in [-0.05, 0) is 46.8 Å². The molecule has 0 spiro atoms. The number of hydrogen-bond acceptors (Lipinski definition) is 9. The quantitative estimate of drug-likeness (QED) is 0.176. The highest BCUT2D eigenvalue weighted by Gasteiger charge is 2.44. The third kappa shape index (κ3) is 5.10. The molecule has 2 aromatic heterocycles. The van der Waals surface area contributed by atoms with Crippen LogP contribution in [0.15, 0.2) is 48.8 Å². The molecule has 10 nitrogen and oxygen atoms in total. The van der Waals surface area contributed by atoms with E-state index in [0.29, 0.717) is 36.4 Å². The normalized spacial score (nSPS) is 22.5. The molecule has 4 atom stereocenters. The summed E-state index contributed by atoms with van der Waals surface area (Å²) < 4.78 is 7.44. The van der Waals surface area contributed by atoms with Crippen LogP contribution in [0.25, 0.3) is 21.9 Å². The van der Waals surface area contributed by atoms with E-state index in [9.17, 15) is 10.2 Å². The Labute approximate surface area is 207 Å². The van der Waals surface area contributed by atoms with Crippen molar-refractivity contribution in [3.8, 4) is 0 Å². The Kier molecular flexibility index (Phi) is 7.13. The molecule has 0 aliphatic carbocycles. The fraction of sp³-hybridized carbons (Fsp3) is 0.348. The van der Waals surface area contributed by atoms with Crippen LogP contribution in [-0.2, 0) is 11.3 Å². The minimum Gasteiger partial charge on any atom is -0.388 e. The average molecular weight is 518 g/mol. The van der Waals surface area contributed by atoms with Crippen LogP contribution in [0.5, 0.6) is 0 Å². The van der Waals surface area contributed by atoms with E-state index in [2.05, 4.69) is 44.5 Å². The molecule has 0 radical (unpaired) electrons. The molecule has 0 saturated carbocycles. The third-order valence-corrected chi connectivity index (χ3v) is 7.01. The zero-order chi connectivity index (χ0) is 24.5. The smallest absolute Gasteiger partial charge is 0.226 e. The molecular weight excluding hydrogens is 493 g/mol. The Balaban J connectivity index is 1.36. The van der Waals surface area contributed by atoms with Crippen molar-refractivity contribution < 1.29 is 24.7 Å². The monoisotopic (exact) mass is 517 g/mol. The fourth-order valence-corrected chi connectivity index (χ4v) is 5.00. The summed E-state index contributed by atoms with van der Waals surface area (Å²) in [5.74, 6) is 0.441. The lowest BCUT2D eigenvalue weighted by atomic mass is 10.1. The number of anilines is 1. The van der Waals surface area contributed by atoms with Crippen LogP contribution in [0.1, 0.15) is 24.6 Å². The Morgan fingerprint density at radius 3 is 2.66 bits per heavy atom. The van der Waals surface area contributed by atoms with Gasteiger partial charge in [0, 0.05) is 12.7 Å². The largest absolute Gasteiger partial charge is 0.388 e. The number of fused-ring (bicyclic) bond motifs is 2. The first-order valence-electron chi connectivity index (χ1n) is 11.2. The van der Waals surface area contributed by atoms with Crippen molar-refractivity contribution in [3.63, 3.8) is 0 Å². The van der Waals surface area contributed by atoms with Gasteiger partial charge in [-0.25, -0.2) is 4.98 Å². The predicted molar refractivity (Wildman–Crippen MR) is 133 cm³/mol. The van der Waals surface area contributed by atoms with E-state index in [1.165, 1.54) is 10.9 Å². The highest BCUT2D eigenvalue weighted by atomic mass is 35.5. The van der Waals surface area contributed by atoms with Crippen molar-refractivity contribution in [2.24, 2.45) is 0 Å². The standard InChI is InChI=1S/C23H25ClN5O5P/c24-23-27-20(25-11-13-7-8-14-4-1-2-5-15(14)10-13)17-21(28-23)29(12-26-17)22-19(31)18(30)16(34-22)6-3-9-35(32)33/h1-2,4-5,7-8,10,12,16,18-19,22,30-33H,3,6,9,11H2,(H,25,27,28). The van der Waals surface area contributed by atoms with E-state index in [0.717, 1.165) is 16.3 Å².